The molecular weight excluding hydrogens is 376 g/mol. The van der Waals surface area contributed by atoms with Crippen LogP contribution in [-0.2, 0) is 6.42 Å². The van der Waals surface area contributed by atoms with Crippen LogP contribution in [0, 0.1) is 25.7 Å². The Hall–Kier alpha value is -2.89. The Kier molecular flexibility index (Phi) is 5.50. The zero-order chi connectivity index (χ0) is 21.4. The number of nitrogens with zero attached hydrogens (tertiary/aromatic N) is 2. The normalized spacial score (nSPS) is 21.7. The Bertz CT molecular complexity index is 1130. The molecule has 0 bridgehead atoms. The lowest BCUT2D eigenvalue weighted by molar-refractivity contribution is 0.0892. The minimum absolute atomic E-state index is 0.156. The number of nitrogens with one attached hydrogen (secondary N) is 2. The lowest BCUT2D eigenvalue weighted by Crippen LogP contribution is -2.43. The fourth-order valence-electron chi connectivity index (χ4n) is 4.47. The van der Waals surface area contributed by atoms with E-state index in [1.807, 2.05) is 38.1 Å². The lowest BCUT2D eigenvalue weighted by Gasteiger charge is -2.34. The highest BCUT2D eigenvalue weighted by Crippen LogP contribution is 2.29. The van der Waals surface area contributed by atoms with Crippen LogP contribution in [0.25, 0.3) is 5.65 Å². The molecule has 1 aliphatic rings. The van der Waals surface area contributed by atoms with E-state index < -0.39 is 0 Å². The van der Waals surface area contributed by atoms with Gasteiger partial charge in [0.15, 0.2) is 5.65 Å². The number of aryl methyl sites for hydroxylation is 2. The van der Waals surface area contributed by atoms with Gasteiger partial charge in [0.25, 0.3) is 11.5 Å². The van der Waals surface area contributed by atoms with Crippen molar-refractivity contribution in [2.45, 2.75) is 59.4 Å². The molecule has 1 fully saturated rings. The number of amides is 1. The van der Waals surface area contributed by atoms with Crippen molar-refractivity contribution in [3.05, 3.63) is 68.8 Å². The molecule has 30 heavy (non-hydrogen) atoms. The molecule has 1 saturated carbocycles. The first-order chi connectivity index (χ1) is 14.3. The second-order valence-corrected chi connectivity index (χ2v) is 8.84. The Morgan fingerprint density at radius 2 is 1.93 bits per heavy atom. The summed E-state index contributed by atoms with van der Waals surface area (Å²) in [5.41, 5.74) is 4.20. The summed E-state index contributed by atoms with van der Waals surface area (Å²) in [6.07, 6.45) is 5.43. The van der Waals surface area contributed by atoms with Crippen molar-refractivity contribution in [1.29, 1.82) is 0 Å². The molecule has 3 atom stereocenters. The molecule has 0 spiro atoms. The third-order valence-electron chi connectivity index (χ3n) is 6.73. The number of aromatic amines is 1. The molecule has 1 aliphatic carbocycles. The Morgan fingerprint density at radius 1 is 1.20 bits per heavy atom. The quantitative estimate of drug-likeness (QED) is 0.692. The van der Waals surface area contributed by atoms with Gasteiger partial charge in [-0.3, -0.25) is 14.7 Å². The van der Waals surface area contributed by atoms with Crippen LogP contribution in [0.1, 0.15) is 65.9 Å². The van der Waals surface area contributed by atoms with E-state index >= 15 is 0 Å². The third kappa shape index (κ3) is 3.78. The van der Waals surface area contributed by atoms with Crippen molar-refractivity contribution in [1.82, 2.24) is 19.9 Å². The first kappa shape index (κ1) is 20.4. The topological polar surface area (TPSA) is 79.3 Å². The van der Waals surface area contributed by atoms with Crippen LogP contribution in [0.5, 0.6) is 0 Å². The summed E-state index contributed by atoms with van der Waals surface area (Å²) in [6, 6.07) is 8.30. The summed E-state index contributed by atoms with van der Waals surface area (Å²) in [6.45, 7) is 8.32. The van der Waals surface area contributed by atoms with E-state index in [4.69, 9.17) is 0 Å². The van der Waals surface area contributed by atoms with Crippen LogP contribution < -0.4 is 10.9 Å². The average Bonchev–Trinajstić information content (AvgIpc) is 3.14. The Labute approximate surface area is 176 Å². The van der Waals surface area contributed by atoms with Crippen LogP contribution >= 0.6 is 0 Å². The smallest absolute Gasteiger partial charge is 0.276 e. The Morgan fingerprint density at radius 3 is 2.67 bits per heavy atom. The van der Waals surface area contributed by atoms with Gasteiger partial charge in [0.1, 0.15) is 5.56 Å². The number of rotatable bonds is 4. The fraction of sp³-hybridized carbons (Fsp3) is 0.458. The molecule has 4 rings (SSSR count). The van der Waals surface area contributed by atoms with Crippen LogP contribution in [0.2, 0.25) is 0 Å². The number of H-pyrrole nitrogens is 1. The van der Waals surface area contributed by atoms with E-state index in [0.717, 1.165) is 18.4 Å². The predicted octanol–water partition coefficient (Wildman–Crippen LogP) is 3.78. The van der Waals surface area contributed by atoms with Crippen LogP contribution in [0.15, 0.2) is 35.3 Å². The molecule has 2 N–H and O–H groups in total. The molecule has 0 aliphatic heterocycles. The van der Waals surface area contributed by atoms with E-state index in [-0.39, 0.29) is 17.5 Å². The van der Waals surface area contributed by atoms with Gasteiger partial charge in [-0.25, -0.2) is 9.50 Å². The third-order valence-corrected chi connectivity index (χ3v) is 6.73. The van der Waals surface area contributed by atoms with Crippen molar-refractivity contribution in [2.24, 2.45) is 11.8 Å². The molecule has 1 amide bonds. The maximum absolute atomic E-state index is 13.1. The van der Waals surface area contributed by atoms with E-state index in [9.17, 15) is 9.59 Å². The molecule has 6 nitrogen and oxygen atoms in total. The summed E-state index contributed by atoms with van der Waals surface area (Å²) in [5.74, 6) is 0.864. The van der Waals surface area contributed by atoms with E-state index in [1.165, 1.54) is 16.5 Å². The first-order valence-corrected chi connectivity index (χ1v) is 10.8. The highest BCUT2D eigenvalue weighted by Gasteiger charge is 2.29. The highest BCUT2D eigenvalue weighted by molar-refractivity contribution is 5.99. The summed E-state index contributed by atoms with van der Waals surface area (Å²) < 4.78 is 1.39. The molecule has 3 unspecified atom stereocenters. The molecule has 0 radical (unpaired) electrons. The van der Waals surface area contributed by atoms with Crippen molar-refractivity contribution < 1.29 is 4.79 Å². The summed E-state index contributed by atoms with van der Waals surface area (Å²) in [4.78, 5) is 30.7. The highest BCUT2D eigenvalue weighted by atomic mass is 16.2. The standard InChI is InChI=1S/C24H30N4O2/c1-14-8-10-18(11-9-14)12-19-17(4)26-22-20(13-25-28(22)24(19)30)23(29)27-21-7-5-6-15(2)16(21)3/h8-11,13,15-16,21,25H,5-7,12H2,1-4H3,(H,27,29). The number of hydrogen-bond acceptors (Lipinski definition) is 3. The maximum Gasteiger partial charge on any atom is 0.276 e. The molecule has 2 aromatic heterocycles. The molecule has 0 saturated heterocycles. The molecule has 6 heteroatoms. The van der Waals surface area contributed by atoms with E-state index in [1.54, 1.807) is 6.20 Å². The maximum atomic E-state index is 13.1. The molecule has 158 valence electrons. The van der Waals surface area contributed by atoms with Crippen molar-refractivity contribution in [3.8, 4) is 0 Å². The number of carbonyl (C=O) groups is 1. The van der Waals surface area contributed by atoms with Gasteiger partial charge < -0.3 is 5.32 Å². The van der Waals surface area contributed by atoms with Crippen molar-refractivity contribution in [3.63, 3.8) is 0 Å². The van der Waals surface area contributed by atoms with Gasteiger partial charge in [-0.2, -0.15) is 0 Å². The van der Waals surface area contributed by atoms with E-state index in [0.29, 0.717) is 40.7 Å². The number of carbonyl (C=O) groups excluding carboxylic acids is 1. The van der Waals surface area contributed by atoms with Crippen molar-refractivity contribution in [2.75, 3.05) is 0 Å². The van der Waals surface area contributed by atoms with Gasteiger partial charge in [-0.05, 0) is 37.7 Å². The Balaban J connectivity index is 1.63. The minimum Gasteiger partial charge on any atom is -0.349 e. The molecule has 3 aromatic rings. The van der Waals surface area contributed by atoms with Gasteiger partial charge in [-0.15, -0.1) is 0 Å². The molecule has 2 heterocycles. The van der Waals surface area contributed by atoms with Gasteiger partial charge in [0.05, 0.1) is 0 Å². The van der Waals surface area contributed by atoms with Gasteiger partial charge in [0, 0.05) is 29.9 Å². The zero-order valence-electron chi connectivity index (χ0n) is 18.2. The number of benzene rings is 1. The van der Waals surface area contributed by atoms with Crippen LogP contribution in [0.4, 0.5) is 0 Å². The monoisotopic (exact) mass is 406 g/mol. The summed E-state index contributed by atoms with van der Waals surface area (Å²) in [5, 5.41) is 6.12. The predicted molar refractivity (Wildman–Crippen MR) is 118 cm³/mol. The SMILES string of the molecule is Cc1ccc(Cc2c(C)nc3c(C(=O)NC4CCCC(C)C4C)c[nH]n3c2=O)cc1. The number of aromatic nitrogens is 3. The largest absolute Gasteiger partial charge is 0.349 e. The summed E-state index contributed by atoms with van der Waals surface area (Å²) in [7, 11) is 0. The van der Waals surface area contributed by atoms with Crippen molar-refractivity contribution >= 4 is 11.6 Å². The second kappa shape index (κ2) is 8.09. The summed E-state index contributed by atoms with van der Waals surface area (Å²) >= 11 is 0. The number of hydrogen-bond donors (Lipinski definition) is 2. The number of fused-ring (bicyclic) bond motifs is 1. The fourth-order valence-corrected chi connectivity index (χ4v) is 4.47. The molecular formula is C24H30N4O2. The first-order valence-electron chi connectivity index (χ1n) is 10.8. The van der Waals surface area contributed by atoms with Crippen LogP contribution in [-0.4, -0.2) is 26.5 Å². The van der Waals surface area contributed by atoms with Gasteiger partial charge in [0.2, 0.25) is 0 Å². The van der Waals surface area contributed by atoms with Gasteiger partial charge in [-0.1, -0.05) is 56.5 Å². The van der Waals surface area contributed by atoms with E-state index in [2.05, 4.69) is 29.2 Å². The second-order valence-electron chi connectivity index (χ2n) is 8.84. The lowest BCUT2D eigenvalue weighted by atomic mass is 9.78. The molecule has 1 aromatic carbocycles. The zero-order valence-corrected chi connectivity index (χ0v) is 18.2. The average molecular weight is 407 g/mol. The van der Waals surface area contributed by atoms with Crippen LogP contribution in [0.3, 0.4) is 0 Å². The minimum atomic E-state index is -0.169. The van der Waals surface area contributed by atoms with Gasteiger partial charge >= 0.3 is 0 Å².